The number of hydrogen-bond donors (Lipinski definition) is 3. The molecule has 0 aromatic carbocycles. The van der Waals surface area contributed by atoms with Crippen molar-refractivity contribution < 1.29 is 66.7 Å². The second-order valence-corrected chi connectivity index (χ2v) is 13.7. The first kappa shape index (κ1) is 61.2. The van der Waals surface area contributed by atoms with Crippen LogP contribution >= 0.6 is 0 Å². The van der Waals surface area contributed by atoms with Crippen LogP contribution in [-0.4, -0.2) is 172 Å². The van der Waals surface area contributed by atoms with E-state index in [1.54, 1.807) is 6.92 Å². The summed E-state index contributed by atoms with van der Waals surface area (Å²) in [6.45, 7) is 26.5. The summed E-state index contributed by atoms with van der Waals surface area (Å²) in [6, 6.07) is -1.33. The minimum Gasteiger partial charge on any atom is -0.379 e. The smallest absolute Gasteiger partial charge is 0.243 e. The Balaban J connectivity index is -0.00000170. The van der Waals surface area contributed by atoms with E-state index in [0.29, 0.717) is 131 Å². The second kappa shape index (κ2) is 45.4. The SMILES string of the molecule is CC.CC(=O)C(C)NC(=O)C(NC(=O)CCOCCOCCOCCOCCOCCOCCOCCOCCNC=O)C(C)C.CCCN(C=O)C(=O)C(CC)C(C)C. The Morgan fingerprint density at radius 3 is 1.30 bits per heavy atom. The van der Waals surface area contributed by atoms with Crippen molar-refractivity contribution in [1.82, 2.24) is 20.9 Å². The third kappa shape index (κ3) is 37.9. The van der Waals surface area contributed by atoms with E-state index < -0.39 is 12.1 Å². The van der Waals surface area contributed by atoms with E-state index in [2.05, 4.69) is 16.0 Å². The molecule has 0 heterocycles. The molecule has 0 rings (SSSR count). The van der Waals surface area contributed by atoms with Gasteiger partial charge in [0.25, 0.3) is 0 Å². The van der Waals surface area contributed by atoms with Gasteiger partial charge in [-0.05, 0) is 38.5 Å². The van der Waals surface area contributed by atoms with Gasteiger partial charge >= 0.3 is 0 Å². The van der Waals surface area contributed by atoms with E-state index >= 15 is 0 Å². The average Bonchev–Trinajstić information content (AvgIpc) is 3.22. The van der Waals surface area contributed by atoms with Crippen molar-refractivity contribution in [3.63, 3.8) is 0 Å². The summed E-state index contributed by atoms with van der Waals surface area (Å²) < 4.78 is 43.2. The molecule has 0 aliphatic rings. The van der Waals surface area contributed by atoms with Crippen molar-refractivity contribution in [2.75, 3.05) is 119 Å². The Morgan fingerprint density at radius 1 is 0.583 bits per heavy atom. The largest absolute Gasteiger partial charge is 0.379 e. The zero-order valence-electron chi connectivity index (χ0n) is 38.6. The number of rotatable bonds is 39. The van der Waals surface area contributed by atoms with Gasteiger partial charge in [-0.1, -0.05) is 55.4 Å². The Bertz CT molecular complexity index is 1050. The van der Waals surface area contributed by atoms with Crippen LogP contribution < -0.4 is 16.0 Å². The number of amides is 5. The van der Waals surface area contributed by atoms with Gasteiger partial charge in [0.1, 0.15) is 6.04 Å². The molecule has 60 heavy (non-hydrogen) atoms. The Kier molecular flexibility index (Phi) is 46.3. The molecule has 3 N–H and O–H groups in total. The van der Waals surface area contributed by atoms with Gasteiger partial charge in [-0.3, -0.25) is 33.7 Å². The number of ketones is 1. The van der Waals surface area contributed by atoms with Crippen LogP contribution in [0.15, 0.2) is 0 Å². The van der Waals surface area contributed by atoms with Crippen LogP contribution in [0.3, 0.4) is 0 Å². The molecule has 354 valence electrons. The molecular formula is C42H82N4O14. The van der Waals surface area contributed by atoms with Crippen LogP contribution in [0.2, 0.25) is 0 Å². The summed E-state index contributed by atoms with van der Waals surface area (Å²) in [4.78, 5) is 69.8. The highest BCUT2D eigenvalue weighted by Crippen LogP contribution is 2.17. The zero-order valence-corrected chi connectivity index (χ0v) is 38.6. The van der Waals surface area contributed by atoms with Crippen molar-refractivity contribution in [3.8, 4) is 0 Å². The molecule has 0 saturated heterocycles. The fourth-order valence-corrected chi connectivity index (χ4v) is 4.78. The monoisotopic (exact) mass is 867 g/mol. The number of Topliss-reactive ketones (excluding diaryl/α,β-unsaturated/α-hetero) is 1. The minimum atomic E-state index is -0.725. The van der Waals surface area contributed by atoms with Gasteiger partial charge in [-0.2, -0.15) is 0 Å². The van der Waals surface area contributed by atoms with Gasteiger partial charge in [-0.15, -0.1) is 0 Å². The number of carbonyl (C=O) groups is 6. The Morgan fingerprint density at radius 2 is 0.983 bits per heavy atom. The maximum atomic E-state index is 12.4. The summed E-state index contributed by atoms with van der Waals surface area (Å²) in [7, 11) is 0. The first-order valence-corrected chi connectivity index (χ1v) is 21.5. The molecule has 18 nitrogen and oxygen atoms in total. The van der Waals surface area contributed by atoms with Crippen LogP contribution in [0.25, 0.3) is 0 Å². The molecular weight excluding hydrogens is 784 g/mol. The van der Waals surface area contributed by atoms with Crippen LogP contribution in [0.1, 0.15) is 88.5 Å². The quantitative estimate of drug-likeness (QED) is 0.0599. The highest BCUT2D eigenvalue weighted by atomic mass is 16.6. The van der Waals surface area contributed by atoms with Gasteiger partial charge in [0, 0.05) is 25.4 Å². The summed E-state index contributed by atoms with van der Waals surface area (Å²) >= 11 is 0. The first-order valence-electron chi connectivity index (χ1n) is 21.5. The van der Waals surface area contributed by atoms with Crippen molar-refractivity contribution in [1.29, 1.82) is 0 Å². The van der Waals surface area contributed by atoms with E-state index in [0.717, 1.165) is 12.8 Å². The van der Waals surface area contributed by atoms with Crippen molar-refractivity contribution in [3.05, 3.63) is 0 Å². The first-order chi connectivity index (χ1) is 28.9. The van der Waals surface area contributed by atoms with Crippen LogP contribution in [0, 0.1) is 17.8 Å². The lowest BCUT2D eigenvalue weighted by molar-refractivity contribution is -0.142. The molecule has 0 radical (unpaired) electrons. The Labute approximate surface area is 360 Å². The van der Waals surface area contributed by atoms with Crippen molar-refractivity contribution in [2.45, 2.75) is 101 Å². The molecule has 0 fully saturated rings. The molecule has 5 amide bonds. The number of ether oxygens (including phenoxy) is 8. The molecule has 0 aromatic heterocycles. The van der Waals surface area contributed by atoms with Gasteiger partial charge in [-0.25, -0.2) is 0 Å². The second-order valence-electron chi connectivity index (χ2n) is 13.7. The fourth-order valence-electron chi connectivity index (χ4n) is 4.78. The van der Waals surface area contributed by atoms with E-state index in [1.807, 2.05) is 55.4 Å². The highest BCUT2D eigenvalue weighted by Gasteiger charge is 2.26. The third-order valence-corrected chi connectivity index (χ3v) is 8.22. The standard InChI is InChI=1S/C29H55N3O12.C11H21NO2.C2H6/c1-24(2)28(29(36)31-25(3)26(4)34)32-27(35)5-7-37-9-11-39-13-15-41-17-19-43-21-22-44-20-18-42-16-14-40-12-10-38-8-6-30-23-33;1-5-7-12(8-13)11(14)10(6-2)9(3)4;1-2/h23-25,28H,5-22H2,1-4H3,(H,30,33)(H,31,36)(H,32,35);8-10H,5-7H2,1-4H3;1-2H3. The summed E-state index contributed by atoms with van der Waals surface area (Å²) in [5.74, 6) is -0.721. The summed E-state index contributed by atoms with van der Waals surface area (Å²) in [6.07, 6.45) is 3.01. The van der Waals surface area contributed by atoms with Crippen molar-refractivity contribution >= 4 is 36.3 Å². The number of imide groups is 1. The average molecular weight is 867 g/mol. The Hall–Kier alpha value is -3.10. The lowest BCUT2D eigenvalue weighted by Gasteiger charge is -2.23. The third-order valence-electron chi connectivity index (χ3n) is 8.22. The maximum Gasteiger partial charge on any atom is 0.243 e. The summed E-state index contributed by atoms with van der Waals surface area (Å²) in [5.41, 5.74) is 0. The van der Waals surface area contributed by atoms with Crippen molar-refractivity contribution in [2.24, 2.45) is 17.8 Å². The number of nitrogens with zero attached hydrogens (tertiary/aromatic N) is 1. The molecule has 3 unspecified atom stereocenters. The molecule has 0 aliphatic carbocycles. The summed E-state index contributed by atoms with van der Waals surface area (Å²) in [5, 5.41) is 7.83. The lowest BCUT2D eigenvalue weighted by Crippen LogP contribution is -2.52. The van der Waals surface area contributed by atoms with E-state index in [-0.39, 0.29) is 48.4 Å². The molecule has 0 spiro atoms. The van der Waals surface area contributed by atoms with Crippen LogP contribution in [0.5, 0.6) is 0 Å². The lowest BCUT2D eigenvalue weighted by atomic mass is 9.92. The van der Waals surface area contributed by atoms with Crippen LogP contribution in [-0.2, 0) is 66.7 Å². The topological polar surface area (TPSA) is 216 Å². The molecule has 3 atom stereocenters. The molecule has 0 aromatic rings. The van der Waals surface area contributed by atoms with E-state index in [1.165, 1.54) is 11.8 Å². The van der Waals surface area contributed by atoms with Gasteiger partial charge in [0.15, 0.2) is 5.78 Å². The fraction of sp³-hybridized carbons (Fsp3) is 0.857. The van der Waals surface area contributed by atoms with Crippen LogP contribution in [0.4, 0.5) is 0 Å². The molecule has 0 bridgehead atoms. The maximum absolute atomic E-state index is 12.4. The number of carbonyl (C=O) groups excluding carboxylic acids is 6. The van der Waals surface area contributed by atoms with E-state index in [4.69, 9.17) is 37.9 Å². The van der Waals surface area contributed by atoms with Gasteiger partial charge < -0.3 is 53.8 Å². The number of hydrogen-bond acceptors (Lipinski definition) is 14. The predicted octanol–water partition coefficient (Wildman–Crippen LogP) is 2.58. The van der Waals surface area contributed by atoms with Gasteiger partial charge in [0.05, 0.1) is 112 Å². The van der Waals surface area contributed by atoms with Gasteiger partial charge in [0.2, 0.25) is 30.5 Å². The normalized spacial score (nSPS) is 12.3. The highest BCUT2D eigenvalue weighted by molar-refractivity contribution is 5.92. The minimum absolute atomic E-state index is 0.0215. The predicted molar refractivity (Wildman–Crippen MR) is 228 cm³/mol. The molecule has 0 aliphatic heterocycles. The van der Waals surface area contributed by atoms with E-state index in [9.17, 15) is 28.8 Å². The molecule has 0 saturated carbocycles. The molecule has 18 heteroatoms. The number of nitrogens with one attached hydrogen (secondary N) is 3. The zero-order chi connectivity index (χ0) is 45.8.